The number of aliphatic hydroxyl groups excluding tert-OH is 1. The van der Waals surface area contributed by atoms with Gasteiger partial charge in [-0.15, -0.1) is 0 Å². The topological polar surface area (TPSA) is 76.0 Å². The van der Waals surface area contributed by atoms with Crippen LogP contribution in [0.4, 0.5) is 0 Å². The lowest BCUT2D eigenvalue weighted by Crippen LogP contribution is -2.10. The van der Waals surface area contributed by atoms with Gasteiger partial charge in [0.15, 0.2) is 11.5 Å². The van der Waals surface area contributed by atoms with E-state index in [0.29, 0.717) is 19.6 Å². The van der Waals surface area contributed by atoms with Crippen LogP contribution in [0.25, 0.3) is 0 Å². The number of ether oxygens (including phenoxy) is 2. The number of carboxylic acids is 1. The number of benzene rings is 2. The van der Waals surface area contributed by atoms with E-state index in [4.69, 9.17) is 14.6 Å². The van der Waals surface area contributed by atoms with Crippen LogP contribution in [0.5, 0.6) is 11.5 Å². The molecule has 0 amide bonds. The molecule has 2 atom stereocenters. The molecular formula is C23H30O5. The maximum atomic E-state index is 10.5. The molecule has 2 unspecified atom stereocenters. The molecule has 0 aromatic heterocycles. The van der Waals surface area contributed by atoms with Gasteiger partial charge >= 0.3 is 5.97 Å². The average Bonchev–Trinajstić information content (AvgIpc) is 3.15. The van der Waals surface area contributed by atoms with Gasteiger partial charge in [0.2, 0.25) is 6.79 Å². The fraction of sp³-hybridized carbons (Fsp3) is 0.435. The Bertz CT molecular complexity index is 729. The van der Waals surface area contributed by atoms with Crippen LogP contribution in [-0.2, 0) is 17.6 Å². The largest absolute Gasteiger partial charge is 0.481 e. The Labute approximate surface area is 166 Å². The number of aryl methyl sites for hydroxylation is 1. The second-order valence-corrected chi connectivity index (χ2v) is 7.10. The Morgan fingerprint density at radius 3 is 2.43 bits per heavy atom. The molecule has 0 fully saturated rings. The van der Waals surface area contributed by atoms with Gasteiger partial charge in [-0.25, -0.2) is 0 Å². The molecule has 2 N–H and O–H groups in total. The number of fused-ring (bicyclic) bond motifs is 1. The van der Waals surface area contributed by atoms with Crippen molar-refractivity contribution < 1.29 is 24.5 Å². The summed E-state index contributed by atoms with van der Waals surface area (Å²) >= 11 is 0. The summed E-state index contributed by atoms with van der Waals surface area (Å²) < 4.78 is 10.5. The third kappa shape index (κ3) is 7.24. The number of aliphatic hydroxyl groups is 1. The average molecular weight is 386 g/mol. The molecular weight excluding hydrogens is 356 g/mol. The van der Waals surface area contributed by atoms with Crippen LogP contribution in [0.3, 0.4) is 0 Å². The van der Waals surface area contributed by atoms with E-state index in [2.05, 4.69) is 6.92 Å². The van der Waals surface area contributed by atoms with Crippen molar-refractivity contribution >= 4 is 5.97 Å². The first-order chi connectivity index (χ1) is 13.5. The van der Waals surface area contributed by atoms with Crippen LogP contribution in [0, 0.1) is 5.92 Å². The number of carboxylic acid groups (broad SMARTS) is 1. The molecule has 0 bridgehead atoms. The standard InChI is InChI=1S/C12H16O3.C11H14O2/c1-2-3-10(13)6-9-4-5-11-12(7-9)15-8-14-11;1-9(11(12)13)7-8-10-5-3-2-4-6-10/h4-5,7,10,13H,2-3,6,8H2,1H3;2-6,9H,7-8H2,1H3,(H,12,13). The molecule has 1 aliphatic heterocycles. The van der Waals surface area contributed by atoms with Crippen molar-refractivity contribution in [3.63, 3.8) is 0 Å². The molecule has 0 radical (unpaired) electrons. The van der Waals surface area contributed by atoms with Gasteiger partial charge < -0.3 is 19.7 Å². The van der Waals surface area contributed by atoms with Crippen molar-refractivity contribution in [2.24, 2.45) is 5.92 Å². The van der Waals surface area contributed by atoms with Crippen LogP contribution in [0.15, 0.2) is 48.5 Å². The summed E-state index contributed by atoms with van der Waals surface area (Å²) in [7, 11) is 0. The van der Waals surface area contributed by atoms with E-state index in [1.807, 2.05) is 48.5 Å². The highest BCUT2D eigenvalue weighted by atomic mass is 16.7. The Balaban J connectivity index is 0.000000203. The highest BCUT2D eigenvalue weighted by Crippen LogP contribution is 2.32. The van der Waals surface area contributed by atoms with Crippen molar-refractivity contribution in [3.05, 3.63) is 59.7 Å². The van der Waals surface area contributed by atoms with Crippen molar-refractivity contribution in [1.82, 2.24) is 0 Å². The molecule has 0 spiro atoms. The SMILES string of the molecule is CC(CCc1ccccc1)C(=O)O.CCCC(O)Cc1ccc2c(c1)OCO2. The summed E-state index contributed by atoms with van der Waals surface area (Å²) in [6, 6.07) is 15.8. The van der Waals surface area contributed by atoms with Gasteiger partial charge in [-0.1, -0.05) is 56.7 Å². The minimum Gasteiger partial charge on any atom is -0.481 e. The van der Waals surface area contributed by atoms with Gasteiger partial charge in [-0.05, 0) is 48.9 Å². The van der Waals surface area contributed by atoms with Gasteiger partial charge in [0.25, 0.3) is 0 Å². The monoisotopic (exact) mass is 386 g/mol. The van der Waals surface area contributed by atoms with E-state index in [9.17, 15) is 9.90 Å². The first kappa shape index (κ1) is 21.8. The highest BCUT2D eigenvalue weighted by molar-refractivity contribution is 5.69. The molecule has 1 heterocycles. The zero-order chi connectivity index (χ0) is 20.4. The van der Waals surface area contributed by atoms with Crippen LogP contribution >= 0.6 is 0 Å². The number of rotatable bonds is 8. The zero-order valence-electron chi connectivity index (χ0n) is 16.6. The Morgan fingerprint density at radius 2 is 1.75 bits per heavy atom. The van der Waals surface area contributed by atoms with E-state index in [0.717, 1.165) is 36.3 Å². The summed E-state index contributed by atoms with van der Waals surface area (Å²) in [6.45, 7) is 4.12. The first-order valence-electron chi connectivity index (χ1n) is 9.83. The van der Waals surface area contributed by atoms with Gasteiger partial charge in [-0.3, -0.25) is 4.79 Å². The Morgan fingerprint density at radius 1 is 1.04 bits per heavy atom. The third-order valence-electron chi connectivity index (χ3n) is 4.66. The maximum absolute atomic E-state index is 10.5. The number of hydrogen-bond donors (Lipinski definition) is 2. The molecule has 0 saturated heterocycles. The predicted octanol–water partition coefficient (Wildman–Crippen LogP) is 4.46. The summed E-state index contributed by atoms with van der Waals surface area (Å²) in [6.07, 6.45) is 3.83. The summed E-state index contributed by atoms with van der Waals surface area (Å²) in [5, 5.41) is 18.3. The Hall–Kier alpha value is -2.53. The van der Waals surface area contributed by atoms with Crippen molar-refractivity contribution in [2.45, 2.75) is 52.1 Å². The molecule has 152 valence electrons. The molecule has 2 aromatic rings. The predicted molar refractivity (Wildman–Crippen MR) is 109 cm³/mol. The molecule has 3 rings (SSSR count). The van der Waals surface area contributed by atoms with Crippen LogP contribution in [-0.4, -0.2) is 29.1 Å². The minimum absolute atomic E-state index is 0.250. The van der Waals surface area contributed by atoms with Crippen molar-refractivity contribution in [2.75, 3.05) is 6.79 Å². The summed E-state index contributed by atoms with van der Waals surface area (Å²) in [5.41, 5.74) is 2.30. The fourth-order valence-electron chi connectivity index (χ4n) is 2.93. The summed E-state index contributed by atoms with van der Waals surface area (Å²) in [5.74, 6) is 0.621. The third-order valence-corrected chi connectivity index (χ3v) is 4.66. The number of hydrogen-bond acceptors (Lipinski definition) is 4. The van der Waals surface area contributed by atoms with E-state index in [1.165, 1.54) is 5.56 Å². The van der Waals surface area contributed by atoms with E-state index < -0.39 is 5.97 Å². The van der Waals surface area contributed by atoms with Crippen LogP contribution < -0.4 is 9.47 Å². The van der Waals surface area contributed by atoms with Gasteiger partial charge in [0, 0.05) is 0 Å². The molecule has 5 nitrogen and oxygen atoms in total. The lowest BCUT2D eigenvalue weighted by Gasteiger charge is -2.09. The Kier molecular flexibility index (Phi) is 8.82. The smallest absolute Gasteiger partial charge is 0.306 e. The lowest BCUT2D eigenvalue weighted by molar-refractivity contribution is -0.141. The van der Waals surface area contributed by atoms with Crippen LogP contribution in [0.1, 0.15) is 44.2 Å². The number of carbonyl (C=O) groups is 1. The molecule has 2 aromatic carbocycles. The second kappa shape index (κ2) is 11.3. The minimum atomic E-state index is -0.712. The van der Waals surface area contributed by atoms with Crippen LogP contribution in [0.2, 0.25) is 0 Å². The van der Waals surface area contributed by atoms with E-state index in [-0.39, 0.29) is 12.0 Å². The normalized spacial score (nSPS) is 14.0. The maximum Gasteiger partial charge on any atom is 0.306 e. The first-order valence-corrected chi connectivity index (χ1v) is 9.83. The molecule has 0 saturated carbocycles. The van der Waals surface area contributed by atoms with Crippen molar-refractivity contribution in [3.8, 4) is 11.5 Å². The molecule has 1 aliphatic rings. The number of aliphatic carboxylic acids is 1. The van der Waals surface area contributed by atoms with Gasteiger partial charge in [-0.2, -0.15) is 0 Å². The molecule has 0 aliphatic carbocycles. The fourth-order valence-corrected chi connectivity index (χ4v) is 2.93. The lowest BCUT2D eigenvalue weighted by atomic mass is 10.0. The van der Waals surface area contributed by atoms with E-state index in [1.54, 1.807) is 6.92 Å². The van der Waals surface area contributed by atoms with Gasteiger partial charge in [0.1, 0.15) is 0 Å². The van der Waals surface area contributed by atoms with Gasteiger partial charge in [0.05, 0.1) is 12.0 Å². The highest BCUT2D eigenvalue weighted by Gasteiger charge is 2.14. The zero-order valence-corrected chi connectivity index (χ0v) is 16.6. The van der Waals surface area contributed by atoms with Crippen molar-refractivity contribution in [1.29, 1.82) is 0 Å². The summed E-state index contributed by atoms with van der Waals surface area (Å²) in [4.78, 5) is 10.5. The second-order valence-electron chi connectivity index (χ2n) is 7.10. The molecule has 5 heteroatoms. The molecule has 28 heavy (non-hydrogen) atoms. The quantitative estimate of drug-likeness (QED) is 0.701. The van der Waals surface area contributed by atoms with E-state index >= 15 is 0 Å².